The Labute approximate surface area is 86.1 Å². The molecular weight excluding hydrogens is 194 g/mol. The zero-order chi connectivity index (χ0) is 11.0. The van der Waals surface area contributed by atoms with E-state index in [9.17, 15) is 9.90 Å². The number of carboxylic acid groups (broad SMARTS) is 1. The average Bonchev–Trinajstić information content (AvgIpc) is 2.52. The molecule has 2 rings (SSSR count). The van der Waals surface area contributed by atoms with Crippen molar-refractivity contribution in [2.45, 2.75) is 13.5 Å². The van der Waals surface area contributed by atoms with Crippen molar-refractivity contribution in [2.75, 3.05) is 5.73 Å². The van der Waals surface area contributed by atoms with E-state index >= 15 is 0 Å². The lowest BCUT2D eigenvalue weighted by Crippen LogP contribution is -2.26. The SMILES string of the molecule is CCn1c(C(=O)[O-])c(N)c2cnccc21. The number of rotatable bonds is 2. The summed E-state index contributed by atoms with van der Waals surface area (Å²) < 4.78 is 1.61. The van der Waals surface area contributed by atoms with E-state index in [0.29, 0.717) is 11.9 Å². The topological polar surface area (TPSA) is 84.0 Å². The van der Waals surface area contributed by atoms with Gasteiger partial charge in [-0.3, -0.25) is 4.98 Å². The highest BCUT2D eigenvalue weighted by Crippen LogP contribution is 2.27. The molecule has 0 radical (unpaired) electrons. The van der Waals surface area contributed by atoms with Gasteiger partial charge in [0.2, 0.25) is 0 Å². The lowest BCUT2D eigenvalue weighted by Gasteiger charge is -2.08. The lowest BCUT2D eigenvalue weighted by molar-refractivity contribution is -0.255. The molecule has 2 aromatic heterocycles. The number of carbonyl (C=O) groups is 1. The second-order valence-electron chi connectivity index (χ2n) is 3.19. The molecule has 0 aliphatic carbocycles. The quantitative estimate of drug-likeness (QED) is 0.746. The normalized spacial score (nSPS) is 10.7. The molecule has 5 heteroatoms. The molecule has 78 valence electrons. The van der Waals surface area contributed by atoms with E-state index in [2.05, 4.69) is 4.98 Å². The van der Waals surface area contributed by atoms with E-state index in [1.54, 1.807) is 23.0 Å². The molecule has 2 N–H and O–H groups in total. The minimum atomic E-state index is -1.26. The van der Waals surface area contributed by atoms with Crippen molar-refractivity contribution in [1.29, 1.82) is 0 Å². The molecule has 5 nitrogen and oxygen atoms in total. The summed E-state index contributed by atoms with van der Waals surface area (Å²) in [4.78, 5) is 14.9. The van der Waals surface area contributed by atoms with Gasteiger partial charge in [-0.05, 0) is 13.0 Å². The third-order valence-corrected chi connectivity index (χ3v) is 2.41. The summed E-state index contributed by atoms with van der Waals surface area (Å²) in [6.45, 7) is 2.38. The number of carboxylic acids is 1. The maximum Gasteiger partial charge on any atom is 0.0901 e. The fourth-order valence-electron chi connectivity index (χ4n) is 1.77. The van der Waals surface area contributed by atoms with Gasteiger partial charge in [-0.2, -0.15) is 0 Å². The van der Waals surface area contributed by atoms with Gasteiger partial charge in [-0.25, -0.2) is 0 Å². The van der Waals surface area contributed by atoms with Gasteiger partial charge >= 0.3 is 0 Å². The molecule has 0 unspecified atom stereocenters. The number of hydrogen-bond donors (Lipinski definition) is 1. The minimum Gasteiger partial charge on any atom is -0.543 e. The van der Waals surface area contributed by atoms with Gasteiger partial charge in [0.05, 0.1) is 22.9 Å². The Balaban J connectivity index is 2.90. The van der Waals surface area contributed by atoms with Gasteiger partial charge in [-0.1, -0.05) is 0 Å². The molecule has 0 aromatic carbocycles. The minimum absolute atomic E-state index is 0.0282. The largest absolute Gasteiger partial charge is 0.543 e. The van der Waals surface area contributed by atoms with Crippen LogP contribution in [0, 0.1) is 0 Å². The molecule has 0 amide bonds. The maximum atomic E-state index is 10.9. The van der Waals surface area contributed by atoms with E-state index in [1.807, 2.05) is 6.92 Å². The van der Waals surface area contributed by atoms with Gasteiger partial charge in [0.1, 0.15) is 0 Å². The van der Waals surface area contributed by atoms with E-state index in [1.165, 1.54) is 0 Å². The Morgan fingerprint density at radius 1 is 1.67 bits per heavy atom. The van der Waals surface area contributed by atoms with Crippen LogP contribution in [0.25, 0.3) is 10.9 Å². The van der Waals surface area contributed by atoms with Crippen LogP contribution in [0.5, 0.6) is 0 Å². The first-order valence-corrected chi connectivity index (χ1v) is 4.59. The number of nitrogens with zero attached hydrogens (tertiary/aromatic N) is 2. The Morgan fingerprint density at radius 2 is 2.40 bits per heavy atom. The predicted octanol–water partition coefficient (Wildman–Crippen LogP) is 0.00190. The molecule has 15 heavy (non-hydrogen) atoms. The molecular formula is C10H10N3O2-. The first kappa shape index (κ1) is 9.51. The van der Waals surface area contributed by atoms with Crippen LogP contribution in [0.2, 0.25) is 0 Å². The summed E-state index contributed by atoms with van der Waals surface area (Å²) in [5, 5.41) is 11.6. The molecule has 0 fully saturated rings. The number of aromatic nitrogens is 2. The highest BCUT2D eigenvalue weighted by Gasteiger charge is 2.14. The number of pyridine rings is 1. The van der Waals surface area contributed by atoms with Crippen molar-refractivity contribution in [3.05, 3.63) is 24.2 Å². The van der Waals surface area contributed by atoms with E-state index in [4.69, 9.17) is 5.73 Å². The second-order valence-corrected chi connectivity index (χ2v) is 3.19. The molecule has 2 aromatic rings. The molecule has 0 atom stereocenters. The van der Waals surface area contributed by atoms with Crippen LogP contribution in [0.4, 0.5) is 5.69 Å². The number of anilines is 1. The summed E-state index contributed by atoms with van der Waals surface area (Å²) in [5.41, 5.74) is 6.75. The first-order chi connectivity index (χ1) is 7.16. The summed E-state index contributed by atoms with van der Waals surface area (Å²) in [7, 11) is 0. The number of nitrogen functional groups attached to an aromatic ring is 1. The van der Waals surface area contributed by atoms with Gasteiger partial charge in [-0.15, -0.1) is 0 Å². The average molecular weight is 204 g/mol. The van der Waals surface area contributed by atoms with Crippen LogP contribution < -0.4 is 10.8 Å². The predicted molar refractivity (Wildman–Crippen MR) is 54.1 cm³/mol. The lowest BCUT2D eigenvalue weighted by atomic mass is 10.3. The van der Waals surface area contributed by atoms with E-state index in [0.717, 1.165) is 5.52 Å². The number of aryl methyl sites for hydroxylation is 1. The van der Waals surface area contributed by atoms with Gasteiger partial charge in [0.25, 0.3) is 0 Å². The highest BCUT2D eigenvalue weighted by atomic mass is 16.4. The van der Waals surface area contributed by atoms with Gasteiger partial charge in [0, 0.05) is 24.3 Å². The first-order valence-electron chi connectivity index (χ1n) is 4.59. The zero-order valence-electron chi connectivity index (χ0n) is 8.23. The zero-order valence-corrected chi connectivity index (χ0v) is 8.23. The molecule has 0 bridgehead atoms. The molecule has 0 spiro atoms. The monoisotopic (exact) mass is 204 g/mol. The number of nitrogens with two attached hydrogens (primary N) is 1. The third kappa shape index (κ3) is 1.24. The highest BCUT2D eigenvalue weighted by molar-refractivity contribution is 6.04. The number of hydrogen-bond acceptors (Lipinski definition) is 4. The van der Waals surface area contributed by atoms with E-state index < -0.39 is 5.97 Å². The fourth-order valence-corrected chi connectivity index (χ4v) is 1.77. The molecule has 0 aliphatic heterocycles. The Bertz CT molecular complexity index is 531. The maximum absolute atomic E-state index is 10.9. The summed E-state index contributed by atoms with van der Waals surface area (Å²) in [6.07, 6.45) is 3.16. The Morgan fingerprint density at radius 3 is 3.00 bits per heavy atom. The van der Waals surface area contributed by atoms with Crippen molar-refractivity contribution in [3.8, 4) is 0 Å². The standard InChI is InChI=1S/C10H11N3O2/c1-2-13-7-3-4-12-5-6(7)8(11)9(13)10(14)15/h3-5H,2,11H2,1H3,(H,14,15)/p-1. The molecule has 2 heterocycles. The van der Waals surface area contributed by atoms with Crippen LogP contribution >= 0.6 is 0 Å². The smallest absolute Gasteiger partial charge is 0.0901 e. The van der Waals surface area contributed by atoms with Crippen LogP contribution in [-0.4, -0.2) is 15.5 Å². The van der Waals surface area contributed by atoms with Crippen LogP contribution in [0.3, 0.4) is 0 Å². The van der Waals surface area contributed by atoms with Gasteiger partial charge in [0.15, 0.2) is 0 Å². The summed E-state index contributed by atoms with van der Waals surface area (Å²) in [5.74, 6) is -1.26. The number of aromatic carboxylic acids is 1. The molecule has 0 aliphatic rings. The number of fused-ring (bicyclic) bond motifs is 1. The van der Waals surface area contributed by atoms with E-state index in [-0.39, 0.29) is 11.4 Å². The van der Waals surface area contributed by atoms with Crippen molar-refractivity contribution >= 4 is 22.6 Å². The molecule has 0 saturated heterocycles. The summed E-state index contributed by atoms with van der Waals surface area (Å²) >= 11 is 0. The van der Waals surface area contributed by atoms with Gasteiger partial charge < -0.3 is 20.2 Å². The van der Waals surface area contributed by atoms with Crippen molar-refractivity contribution in [3.63, 3.8) is 0 Å². The van der Waals surface area contributed by atoms with Crippen LogP contribution in [0.1, 0.15) is 17.4 Å². The third-order valence-electron chi connectivity index (χ3n) is 2.41. The fraction of sp³-hybridized carbons (Fsp3) is 0.200. The van der Waals surface area contributed by atoms with Crippen LogP contribution in [0.15, 0.2) is 18.5 Å². The van der Waals surface area contributed by atoms with Crippen LogP contribution in [-0.2, 0) is 6.54 Å². The number of carbonyl (C=O) groups excluding carboxylic acids is 1. The Hall–Kier alpha value is -2.04. The van der Waals surface area contributed by atoms with Crippen molar-refractivity contribution in [1.82, 2.24) is 9.55 Å². The Kier molecular flexibility index (Phi) is 2.07. The second kappa shape index (κ2) is 3.27. The molecule has 0 saturated carbocycles. The summed E-state index contributed by atoms with van der Waals surface area (Å²) in [6, 6.07) is 1.74. The van der Waals surface area contributed by atoms with Crippen molar-refractivity contribution < 1.29 is 9.90 Å². The van der Waals surface area contributed by atoms with Crippen molar-refractivity contribution in [2.24, 2.45) is 0 Å².